The molecule has 0 rings (SSSR count). The molecule has 0 saturated heterocycles. The fraction of sp³-hybridized carbons (Fsp3) is 1.00. The summed E-state index contributed by atoms with van der Waals surface area (Å²) in [4.78, 5) is 0. The van der Waals surface area contributed by atoms with Crippen molar-refractivity contribution in [2.45, 2.75) is 37.3 Å². The highest BCUT2D eigenvalue weighted by molar-refractivity contribution is 8.04. The Morgan fingerprint density at radius 3 is 1.32 bits per heavy atom. The Bertz CT molecular complexity index is 475. The summed E-state index contributed by atoms with van der Waals surface area (Å²) in [7, 11) is -13.3. The van der Waals surface area contributed by atoms with Crippen molar-refractivity contribution >= 4 is 20.0 Å². The number of sulfonamides is 2. The van der Waals surface area contributed by atoms with Gasteiger partial charge in [-0.15, -0.1) is 0 Å². The van der Waals surface area contributed by atoms with Gasteiger partial charge in [0, 0.05) is 6.04 Å². The van der Waals surface area contributed by atoms with Crippen molar-refractivity contribution in [2.24, 2.45) is 0 Å². The van der Waals surface area contributed by atoms with E-state index in [0.29, 0.717) is 6.92 Å². The van der Waals surface area contributed by atoms with E-state index in [1.807, 2.05) is 0 Å². The molecular weight excluding hydrogens is 328 g/mol. The lowest BCUT2D eigenvalue weighted by atomic mass is 10.3. The van der Waals surface area contributed by atoms with E-state index in [1.165, 1.54) is 0 Å². The molecule has 13 heteroatoms. The normalized spacial score (nSPS) is 16.7. The van der Waals surface area contributed by atoms with Crippen LogP contribution in [0.2, 0.25) is 0 Å². The Morgan fingerprint density at radius 2 is 1.16 bits per heavy atom. The Morgan fingerprint density at radius 1 is 0.895 bits per heavy atom. The van der Waals surface area contributed by atoms with Crippen LogP contribution in [0, 0.1) is 0 Å². The third-order valence-electron chi connectivity index (χ3n) is 2.01. The van der Waals surface area contributed by atoms with Gasteiger partial charge >= 0.3 is 31.1 Å². The molecule has 0 aromatic heterocycles. The van der Waals surface area contributed by atoms with Crippen molar-refractivity contribution < 1.29 is 43.2 Å². The molecule has 19 heavy (non-hydrogen) atoms. The van der Waals surface area contributed by atoms with Gasteiger partial charge in [-0.05, 0) is 13.3 Å². The fourth-order valence-electron chi connectivity index (χ4n) is 0.956. The SMILES string of the molecule is CCC(C)N(S(=O)(=O)C(F)(F)F)S(=O)(=O)C(F)(F)F. The Kier molecular flexibility index (Phi) is 4.94. The standard InChI is InChI=1S/C6H9F6NO4S2/c1-3-4(2)13(18(14,15)5(7,8)9)19(16,17)6(10,11)12/h4H,3H2,1-2H3. The van der Waals surface area contributed by atoms with E-state index in [1.54, 1.807) is 0 Å². The van der Waals surface area contributed by atoms with Gasteiger partial charge in [0.05, 0.1) is 0 Å². The van der Waals surface area contributed by atoms with E-state index in [4.69, 9.17) is 0 Å². The van der Waals surface area contributed by atoms with Gasteiger partial charge in [-0.3, -0.25) is 0 Å². The molecule has 0 saturated carbocycles. The van der Waals surface area contributed by atoms with Crippen LogP contribution in [0.1, 0.15) is 20.3 Å². The second-order valence-electron chi connectivity index (χ2n) is 3.38. The van der Waals surface area contributed by atoms with E-state index < -0.39 is 47.2 Å². The smallest absolute Gasteiger partial charge is 0.202 e. The summed E-state index contributed by atoms with van der Waals surface area (Å²) in [5.74, 6) is 0. The fourth-order valence-corrected chi connectivity index (χ4v) is 4.15. The Balaban J connectivity index is 6.22. The van der Waals surface area contributed by atoms with Crippen molar-refractivity contribution in [1.29, 1.82) is 0 Å². The second kappa shape index (κ2) is 5.09. The molecule has 0 aromatic carbocycles. The van der Waals surface area contributed by atoms with Crippen LogP contribution in [-0.4, -0.2) is 37.6 Å². The van der Waals surface area contributed by atoms with Gasteiger partial charge in [-0.2, -0.15) is 26.3 Å². The van der Waals surface area contributed by atoms with Gasteiger partial charge in [0.1, 0.15) is 0 Å². The highest BCUT2D eigenvalue weighted by Crippen LogP contribution is 2.36. The maximum absolute atomic E-state index is 12.2. The molecule has 0 aliphatic carbocycles. The topological polar surface area (TPSA) is 71.5 Å². The van der Waals surface area contributed by atoms with E-state index in [2.05, 4.69) is 0 Å². The quantitative estimate of drug-likeness (QED) is 0.733. The first kappa shape index (κ1) is 18.4. The molecule has 0 N–H and O–H groups in total. The highest BCUT2D eigenvalue weighted by Gasteiger charge is 2.62. The van der Waals surface area contributed by atoms with Crippen LogP contribution in [-0.2, 0) is 20.0 Å². The molecule has 5 nitrogen and oxygen atoms in total. The predicted octanol–water partition coefficient (Wildman–Crippen LogP) is 1.79. The number of rotatable bonds is 4. The van der Waals surface area contributed by atoms with Crippen LogP contribution in [0.4, 0.5) is 26.3 Å². The minimum absolute atomic E-state index is 0.565. The van der Waals surface area contributed by atoms with Crippen molar-refractivity contribution in [3.8, 4) is 0 Å². The van der Waals surface area contributed by atoms with Gasteiger partial charge in [-0.1, -0.05) is 10.6 Å². The first-order valence-corrected chi connectivity index (χ1v) is 7.40. The van der Waals surface area contributed by atoms with Gasteiger partial charge in [0.25, 0.3) is 0 Å². The summed E-state index contributed by atoms with van der Waals surface area (Å²) in [6, 6.07) is -2.03. The van der Waals surface area contributed by atoms with Crippen LogP contribution in [0.5, 0.6) is 0 Å². The largest absolute Gasteiger partial charge is 0.512 e. The summed E-state index contributed by atoms with van der Waals surface area (Å²) < 4.78 is 116. The molecule has 0 aliphatic heterocycles. The number of halogens is 6. The second-order valence-corrected chi connectivity index (χ2v) is 7.23. The number of alkyl halides is 6. The molecule has 1 atom stereocenters. The van der Waals surface area contributed by atoms with Gasteiger partial charge in [0.15, 0.2) is 0 Å². The molecule has 0 spiro atoms. The molecule has 0 aliphatic rings. The average Bonchev–Trinajstić information content (AvgIpc) is 2.12. The van der Waals surface area contributed by atoms with Crippen LogP contribution in [0.15, 0.2) is 0 Å². The van der Waals surface area contributed by atoms with Crippen molar-refractivity contribution in [2.75, 3.05) is 0 Å². The summed E-state index contributed by atoms with van der Waals surface area (Å²) in [6.45, 7) is 1.65. The summed E-state index contributed by atoms with van der Waals surface area (Å²) in [5, 5.41) is 0. The predicted molar refractivity (Wildman–Crippen MR) is 51.5 cm³/mol. The van der Waals surface area contributed by atoms with Crippen molar-refractivity contribution in [3.63, 3.8) is 0 Å². The Hall–Kier alpha value is -0.560. The molecule has 1 unspecified atom stereocenters. The van der Waals surface area contributed by atoms with Crippen molar-refractivity contribution in [3.05, 3.63) is 0 Å². The van der Waals surface area contributed by atoms with Crippen LogP contribution in [0.3, 0.4) is 0 Å². The Labute approximate surface area is 105 Å². The third kappa shape index (κ3) is 3.31. The zero-order valence-electron chi connectivity index (χ0n) is 9.45. The molecular formula is C6H9F6NO4S2. The number of hydrogen-bond donors (Lipinski definition) is 0. The molecule has 0 amide bonds. The lowest BCUT2D eigenvalue weighted by molar-refractivity contribution is -0.0542. The molecule has 0 radical (unpaired) electrons. The molecule has 0 aromatic rings. The zero-order chi connectivity index (χ0) is 15.9. The van der Waals surface area contributed by atoms with E-state index >= 15 is 0 Å². The highest BCUT2D eigenvalue weighted by atomic mass is 32.3. The summed E-state index contributed by atoms with van der Waals surface area (Å²) >= 11 is 0. The lowest BCUT2D eigenvalue weighted by Gasteiger charge is -2.28. The minimum atomic E-state index is -6.67. The van der Waals surface area contributed by atoms with E-state index in [-0.39, 0.29) is 0 Å². The van der Waals surface area contributed by atoms with Crippen LogP contribution >= 0.6 is 0 Å². The maximum atomic E-state index is 12.2. The van der Waals surface area contributed by atoms with Crippen LogP contribution < -0.4 is 0 Å². The zero-order valence-corrected chi connectivity index (χ0v) is 11.1. The molecule has 116 valence electrons. The van der Waals surface area contributed by atoms with E-state index in [0.717, 1.165) is 6.92 Å². The number of hydrogen-bond acceptors (Lipinski definition) is 4. The molecule has 0 bridgehead atoms. The summed E-state index contributed by atoms with van der Waals surface area (Å²) in [6.07, 6.45) is -0.565. The minimum Gasteiger partial charge on any atom is -0.202 e. The first-order valence-electron chi connectivity index (χ1n) is 4.52. The molecule has 0 fully saturated rings. The maximum Gasteiger partial charge on any atom is 0.512 e. The van der Waals surface area contributed by atoms with E-state index in [9.17, 15) is 43.2 Å². The van der Waals surface area contributed by atoms with Gasteiger partial charge in [0.2, 0.25) is 0 Å². The monoisotopic (exact) mass is 337 g/mol. The third-order valence-corrected chi connectivity index (χ3v) is 6.02. The molecule has 0 heterocycles. The van der Waals surface area contributed by atoms with Crippen LogP contribution in [0.25, 0.3) is 0 Å². The van der Waals surface area contributed by atoms with Gasteiger partial charge in [-0.25, -0.2) is 16.8 Å². The lowest BCUT2D eigenvalue weighted by Crippen LogP contribution is -2.52. The number of nitrogens with zero attached hydrogens (tertiary/aromatic N) is 1. The van der Waals surface area contributed by atoms with Crippen molar-refractivity contribution in [1.82, 2.24) is 3.71 Å². The first-order chi connectivity index (χ1) is 8.10. The average molecular weight is 337 g/mol. The van der Waals surface area contributed by atoms with Gasteiger partial charge < -0.3 is 0 Å². The summed E-state index contributed by atoms with van der Waals surface area (Å²) in [5.41, 5.74) is -12.3.